The van der Waals surface area contributed by atoms with Crippen molar-refractivity contribution in [2.24, 2.45) is 4.99 Å². The second kappa shape index (κ2) is 4.86. The van der Waals surface area contributed by atoms with Crippen LogP contribution in [0.15, 0.2) is 23.2 Å². The Morgan fingerprint density at radius 3 is 2.56 bits per heavy atom. The molecule has 1 aliphatic rings. The monoisotopic (exact) mass is 274 g/mol. The first kappa shape index (κ1) is 12.1. The highest BCUT2D eigenvalue weighted by Crippen LogP contribution is 2.39. The lowest BCUT2D eigenvalue weighted by atomic mass is 10.2. The van der Waals surface area contributed by atoms with Crippen LogP contribution in [-0.4, -0.2) is 24.0 Å². The summed E-state index contributed by atoms with van der Waals surface area (Å²) in [5.41, 5.74) is 0.865. The first-order chi connectivity index (χ1) is 7.65. The van der Waals surface area contributed by atoms with E-state index in [1.165, 1.54) is 0 Å². The molecule has 86 valence electrons. The fourth-order valence-electron chi connectivity index (χ4n) is 1.74. The van der Waals surface area contributed by atoms with Gasteiger partial charge in [0.1, 0.15) is 0 Å². The summed E-state index contributed by atoms with van der Waals surface area (Å²) in [6.07, 6.45) is 0. The molecule has 0 aromatic heterocycles. The SMILES string of the molecule is CN=C1SCC(C)N1c1c(Cl)cccc1Cl. The number of rotatable bonds is 1. The van der Waals surface area contributed by atoms with Crippen molar-refractivity contribution >= 4 is 45.8 Å². The predicted molar refractivity (Wildman–Crippen MR) is 74.2 cm³/mol. The molecule has 1 atom stereocenters. The normalized spacial score (nSPS) is 23.1. The molecular formula is C11H12Cl2N2S. The highest BCUT2D eigenvalue weighted by molar-refractivity contribution is 8.14. The number of nitrogens with zero attached hydrogens (tertiary/aromatic N) is 2. The van der Waals surface area contributed by atoms with Gasteiger partial charge in [0.2, 0.25) is 0 Å². The summed E-state index contributed by atoms with van der Waals surface area (Å²) in [4.78, 5) is 6.37. The van der Waals surface area contributed by atoms with E-state index in [-0.39, 0.29) is 0 Å². The van der Waals surface area contributed by atoms with Gasteiger partial charge in [-0.05, 0) is 19.1 Å². The lowest BCUT2D eigenvalue weighted by Gasteiger charge is -2.25. The quantitative estimate of drug-likeness (QED) is 0.772. The second-order valence-corrected chi connectivity index (χ2v) is 5.41. The number of thioether (sulfide) groups is 1. The Bertz CT molecular complexity index is 414. The Balaban J connectivity index is 2.50. The fraction of sp³-hybridized carbons (Fsp3) is 0.364. The van der Waals surface area contributed by atoms with Crippen LogP contribution in [0.25, 0.3) is 0 Å². The Morgan fingerprint density at radius 2 is 2.00 bits per heavy atom. The zero-order chi connectivity index (χ0) is 11.7. The largest absolute Gasteiger partial charge is 0.315 e. The number of hydrogen-bond donors (Lipinski definition) is 0. The molecule has 0 radical (unpaired) electrons. The number of aliphatic imine (C=N–C) groups is 1. The molecule has 0 spiro atoms. The molecule has 0 saturated carbocycles. The summed E-state index contributed by atoms with van der Waals surface area (Å²) >= 11 is 14.1. The van der Waals surface area contributed by atoms with Crippen molar-refractivity contribution in [1.29, 1.82) is 0 Å². The molecule has 1 heterocycles. The third kappa shape index (κ3) is 2.04. The van der Waals surface area contributed by atoms with E-state index in [1.807, 2.05) is 18.2 Å². The van der Waals surface area contributed by atoms with Gasteiger partial charge in [-0.25, -0.2) is 0 Å². The lowest BCUT2D eigenvalue weighted by molar-refractivity contribution is 0.839. The van der Waals surface area contributed by atoms with Crippen molar-refractivity contribution in [1.82, 2.24) is 0 Å². The second-order valence-electron chi connectivity index (χ2n) is 3.61. The standard InChI is InChI=1S/C11H12Cl2N2S/c1-7-6-16-11(14-2)15(7)10-8(12)4-3-5-9(10)13/h3-5,7H,6H2,1-2H3. The number of benzene rings is 1. The van der Waals surface area contributed by atoms with Crippen LogP contribution < -0.4 is 4.90 Å². The van der Waals surface area contributed by atoms with E-state index in [0.29, 0.717) is 16.1 Å². The molecule has 1 unspecified atom stereocenters. The number of anilines is 1. The Morgan fingerprint density at radius 1 is 1.38 bits per heavy atom. The maximum Gasteiger partial charge on any atom is 0.163 e. The zero-order valence-electron chi connectivity index (χ0n) is 9.08. The molecule has 0 N–H and O–H groups in total. The van der Waals surface area contributed by atoms with Crippen LogP contribution in [0.2, 0.25) is 10.0 Å². The van der Waals surface area contributed by atoms with Crippen LogP contribution in [0.3, 0.4) is 0 Å². The number of amidine groups is 1. The molecular weight excluding hydrogens is 263 g/mol. The van der Waals surface area contributed by atoms with Gasteiger partial charge in [-0.15, -0.1) is 0 Å². The average Bonchev–Trinajstić information content (AvgIpc) is 2.60. The minimum atomic E-state index is 0.362. The number of hydrogen-bond acceptors (Lipinski definition) is 2. The summed E-state index contributed by atoms with van der Waals surface area (Å²) in [5.74, 6) is 1.01. The van der Waals surface area contributed by atoms with E-state index in [2.05, 4.69) is 16.8 Å². The summed E-state index contributed by atoms with van der Waals surface area (Å²) in [7, 11) is 1.79. The summed E-state index contributed by atoms with van der Waals surface area (Å²) in [6, 6.07) is 5.92. The third-order valence-electron chi connectivity index (χ3n) is 2.47. The van der Waals surface area contributed by atoms with Gasteiger partial charge in [-0.3, -0.25) is 4.99 Å². The molecule has 1 aromatic rings. The van der Waals surface area contributed by atoms with E-state index in [1.54, 1.807) is 18.8 Å². The van der Waals surface area contributed by atoms with Gasteiger partial charge >= 0.3 is 0 Å². The van der Waals surface area contributed by atoms with Gasteiger partial charge in [-0.2, -0.15) is 0 Å². The Hall–Kier alpha value is -0.380. The van der Waals surface area contributed by atoms with E-state index in [4.69, 9.17) is 23.2 Å². The number of para-hydroxylation sites is 1. The van der Waals surface area contributed by atoms with Gasteiger partial charge < -0.3 is 4.90 Å². The molecule has 5 heteroatoms. The van der Waals surface area contributed by atoms with Crippen LogP contribution in [-0.2, 0) is 0 Å². The topological polar surface area (TPSA) is 15.6 Å². The first-order valence-electron chi connectivity index (χ1n) is 4.98. The molecule has 1 fully saturated rings. The van der Waals surface area contributed by atoms with Crippen LogP contribution in [0.4, 0.5) is 5.69 Å². The van der Waals surface area contributed by atoms with E-state index >= 15 is 0 Å². The van der Waals surface area contributed by atoms with Crippen LogP contribution in [0.5, 0.6) is 0 Å². The number of halogens is 2. The van der Waals surface area contributed by atoms with E-state index in [0.717, 1.165) is 16.6 Å². The maximum absolute atomic E-state index is 6.21. The van der Waals surface area contributed by atoms with Crippen molar-refractivity contribution in [2.45, 2.75) is 13.0 Å². The van der Waals surface area contributed by atoms with Gasteiger partial charge in [0, 0.05) is 18.8 Å². The predicted octanol–water partition coefficient (Wildman–Crippen LogP) is 3.92. The third-order valence-corrected chi connectivity index (χ3v) is 4.37. The fourth-order valence-corrected chi connectivity index (χ4v) is 3.39. The first-order valence-corrected chi connectivity index (χ1v) is 6.72. The smallest absolute Gasteiger partial charge is 0.163 e. The minimum Gasteiger partial charge on any atom is -0.315 e. The Kier molecular flexibility index (Phi) is 3.67. The van der Waals surface area contributed by atoms with Gasteiger partial charge in [0.15, 0.2) is 5.17 Å². The molecule has 1 aliphatic heterocycles. The van der Waals surface area contributed by atoms with Crippen molar-refractivity contribution in [3.63, 3.8) is 0 Å². The van der Waals surface area contributed by atoms with Gasteiger partial charge in [0.05, 0.1) is 15.7 Å². The zero-order valence-corrected chi connectivity index (χ0v) is 11.4. The molecule has 0 amide bonds. The molecule has 0 aliphatic carbocycles. The van der Waals surface area contributed by atoms with Crippen LogP contribution in [0.1, 0.15) is 6.92 Å². The molecule has 1 saturated heterocycles. The summed E-state index contributed by atoms with van der Waals surface area (Å²) in [5, 5.41) is 2.31. The maximum atomic E-state index is 6.21. The minimum absolute atomic E-state index is 0.362. The molecule has 0 bridgehead atoms. The van der Waals surface area contributed by atoms with Crippen molar-refractivity contribution < 1.29 is 0 Å². The summed E-state index contributed by atoms with van der Waals surface area (Å²) < 4.78 is 0. The summed E-state index contributed by atoms with van der Waals surface area (Å²) in [6.45, 7) is 2.14. The average molecular weight is 275 g/mol. The molecule has 2 nitrogen and oxygen atoms in total. The van der Waals surface area contributed by atoms with E-state index in [9.17, 15) is 0 Å². The van der Waals surface area contributed by atoms with Crippen molar-refractivity contribution in [3.8, 4) is 0 Å². The van der Waals surface area contributed by atoms with Crippen LogP contribution >= 0.6 is 35.0 Å². The highest BCUT2D eigenvalue weighted by Gasteiger charge is 2.30. The molecule has 2 rings (SSSR count). The molecule has 1 aromatic carbocycles. The highest BCUT2D eigenvalue weighted by atomic mass is 35.5. The van der Waals surface area contributed by atoms with Crippen LogP contribution in [0, 0.1) is 0 Å². The Labute approximate surface area is 110 Å². The van der Waals surface area contributed by atoms with Gasteiger partial charge in [-0.1, -0.05) is 41.0 Å². The lowest BCUT2D eigenvalue weighted by Crippen LogP contribution is -2.32. The van der Waals surface area contributed by atoms with E-state index < -0.39 is 0 Å². The molecule has 16 heavy (non-hydrogen) atoms. The van der Waals surface area contributed by atoms with Crippen molar-refractivity contribution in [3.05, 3.63) is 28.2 Å². The van der Waals surface area contributed by atoms with Crippen molar-refractivity contribution in [2.75, 3.05) is 17.7 Å². The van der Waals surface area contributed by atoms with Gasteiger partial charge in [0.25, 0.3) is 0 Å².